The molecule has 0 saturated carbocycles. The van der Waals surface area contributed by atoms with Crippen molar-refractivity contribution in [3.05, 3.63) is 47.5 Å². The van der Waals surface area contributed by atoms with E-state index < -0.39 is 0 Å². The van der Waals surface area contributed by atoms with E-state index in [-0.39, 0.29) is 23.9 Å². The fourth-order valence-corrected chi connectivity index (χ4v) is 2.77. The van der Waals surface area contributed by atoms with Crippen molar-refractivity contribution in [3.8, 4) is 5.69 Å². The smallest absolute Gasteiger partial charge is 0.255 e. The van der Waals surface area contributed by atoms with Gasteiger partial charge in [-0.2, -0.15) is 5.10 Å². The highest BCUT2D eigenvalue weighted by atomic mass is 19.1. The molecule has 122 valence electrons. The zero-order valence-corrected chi connectivity index (χ0v) is 13.0. The molecule has 1 fully saturated rings. The van der Waals surface area contributed by atoms with E-state index in [1.54, 1.807) is 23.9 Å². The van der Waals surface area contributed by atoms with E-state index >= 15 is 0 Å². The van der Waals surface area contributed by atoms with Gasteiger partial charge in [0.2, 0.25) is 0 Å². The number of hydrogen-bond acceptors (Lipinski definition) is 4. The third kappa shape index (κ3) is 3.11. The molecular formula is C16H19FN4O2. The fraction of sp³-hybridized carbons (Fsp3) is 0.375. The number of methoxy groups -OCH3 is 1. The van der Waals surface area contributed by atoms with Crippen LogP contribution < -0.4 is 10.6 Å². The minimum Gasteiger partial charge on any atom is -0.378 e. The highest BCUT2D eigenvalue weighted by Gasteiger charge is 2.29. The molecule has 2 aromatic rings. The lowest BCUT2D eigenvalue weighted by Gasteiger charge is -2.18. The summed E-state index contributed by atoms with van der Waals surface area (Å²) in [7, 11) is 1.63. The van der Waals surface area contributed by atoms with Crippen LogP contribution >= 0.6 is 0 Å². The van der Waals surface area contributed by atoms with E-state index in [1.165, 1.54) is 18.3 Å². The zero-order valence-electron chi connectivity index (χ0n) is 13.0. The van der Waals surface area contributed by atoms with Gasteiger partial charge in [0.1, 0.15) is 5.82 Å². The second-order valence-corrected chi connectivity index (χ2v) is 5.54. The number of nitrogens with one attached hydrogen (secondary N) is 2. The highest BCUT2D eigenvalue weighted by Crippen LogP contribution is 2.15. The van der Waals surface area contributed by atoms with Crippen LogP contribution in [0.4, 0.5) is 4.39 Å². The van der Waals surface area contributed by atoms with Crippen LogP contribution in [0.1, 0.15) is 16.1 Å². The van der Waals surface area contributed by atoms with Crippen LogP contribution in [-0.4, -0.2) is 48.0 Å². The van der Waals surface area contributed by atoms with Gasteiger partial charge in [-0.25, -0.2) is 9.07 Å². The molecule has 0 radical (unpaired) electrons. The Morgan fingerprint density at radius 3 is 2.83 bits per heavy atom. The number of rotatable bonds is 4. The van der Waals surface area contributed by atoms with Crippen LogP contribution in [-0.2, 0) is 4.74 Å². The van der Waals surface area contributed by atoms with Crippen molar-refractivity contribution in [3.63, 3.8) is 0 Å². The summed E-state index contributed by atoms with van der Waals surface area (Å²) in [4.78, 5) is 12.5. The summed E-state index contributed by atoms with van der Waals surface area (Å²) in [5, 5.41) is 10.4. The first-order valence-corrected chi connectivity index (χ1v) is 7.45. The van der Waals surface area contributed by atoms with Crippen molar-refractivity contribution in [1.29, 1.82) is 0 Å². The van der Waals surface area contributed by atoms with Crippen molar-refractivity contribution in [2.45, 2.75) is 19.1 Å². The highest BCUT2D eigenvalue weighted by molar-refractivity contribution is 5.95. The Labute approximate surface area is 133 Å². The van der Waals surface area contributed by atoms with Gasteiger partial charge in [-0.05, 0) is 31.2 Å². The molecule has 1 saturated heterocycles. The van der Waals surface area contributed by atoms with E-state index in [4.69, 9.17) is 4.74 Å². The molecule has 3 rings (SSSR count). The van der Waals surface area contributed by atoms with Gasteiger partial charge in [0.05, 0.1) is 35.3 Å². The summed E-state index contributed by atoms with van der Waals surface area (Å²) in [6.45, 7) is 3.20. The van der Waals surface area contributed by atoms with Crippen LogP contribution in [0.15, 0.2) is 30.5 Å². The fourth-order valence-electron chi connectivity index (χ4n) is 2.77. The Morgan fingerprint density at radius 2 is 2.13 bits per heavy atom. The monoisotopic (exact) mass is 318 g/mol. The second-order valence-electron chi connectivity index (χ2n) is 5.54. The molecule has 1 aromatic heterocycles. The third-order valence-electron chi connectivity index (χ3n) is 4.10. The van der Waals surface area contributed by atoms with Gasteiger partial charge < -0.3 is 15.4 Å². The summed E-state index contributed by atoms with van der Waals surface area (Å²) in [5.74, 6) is -0.498. The molecule has 7 heteroatoms. The number of amides is 1. The number of halogens is 1. The predicted molar refractivity (Wildman–Crippen MR) is 83.2 cm³/mol. The number of benzene rings is 1. The predicted octanol–water partition coefficient (Wildman–Crippen LogP) is 1.04. The molecule has 0 aliphatic carbocycles. The maximum atomic E-state index is 13.0. The van der Waals surface area contributed by atoms with Crippen LogP contribution in [0, 0.1) is 12.7 Å². The molecular weight excluding hydrogens is 299 g/mol. The topological polar surface area (TPSA) is 68.2 Å². The Bertz CT molecular complexity index is 699. The summed E-state index contributed by atoms with van der Waals surface area (Å²) in [6.07, 6.45) is 1.49. The molecule has 0 bridgehead atoms. The SMILES string of the molecule is CO[C@H]1CNC[C@@H]1NC(=O)c1cnn(-c2ccc(F)cc2)c1C. The van der Waals surface area contributed by atoms with Crippen molar-refractivity contribution >= 4 is 5.91 Å². The molecule has 0 unspecified atom stereocenters. The van der Waals surface area contributed by atoms with Gasteiger partial charge in [-0.15, -0.1) is 0 Å². The number of aromatic nitrogens is 2. The lowest BCUT2D eigenvalue weighted by Crippen LogP contribution is -2.43. The van der Waals surface area contributed by atoms with E-state index in [9.17, 15) is 9.18 Å². The number of nitrogens with zero attached hydrogens (tertiary/aromatic N) is 2. The van der Waals surface area contributed by atoms with E-state index in [1.807, 2.05) is 6.92 Å². The number of ether oxygens (including phenoxy) is 1. The first-order valence-electron chi connectivity index (χ1n) is 7.45. The minimum atomic E-state index is -0.309. The molecule has 2 N–H and O–H groups in total. The van der Waals surface area contributed by atoms with Gasteiger partial charge in [-0.1, -0.05) is 0 Å². The molecule has 2 heterocycles. The average Bonchev–Trinajstić information content (AvgIpc) is 3.14. The zero-order chi connectivity index (χ0) is 16.4. The van der Waals surface area contributed by atoms with Crippen LogP contribution in [0.2, 0.25) is 0 Å². The molecule has 0 spiro atoms. The summed E-state index contributed by atoms with van der Waals surface area (Å²) in [5.41, 5.74) is 1.91. The van der Waals surface area contributed by atoms with Crippen molar-refractivity contribution in [2.75, 3.05) is 20.2 Å². The van der Waals surface area contributed by atoms with Gasteiger partial charge in [-0.3, -0.25) is 4.79 Å². The number of carbonyl (C=O) groups is 1. The second kappa shape index (κ2) is 6.47. The Kier molecular flexibility index (Phi) is 4.40. The molecule has 1 amide bonds. The van der Waals surface area contributed by atoms with Crippen molar-refractivity contribution in [1.82, 2.24) is 20.4 Å². The van der Waals surface area contributed by atoms with Gasteiger partial charge in [0.15, 0.2) is 0 Å². The third-order valence-corrected chi connectivity index (χ3v) is 4.10. The maximum Gasteiger partial charge on any atom is 0.255 e. The molecule has 23 heavy (non-hydrogen) atoms. The van der Waals surface area contributed by atoms with E-state index in [0.29, 0.717) is 23.5 Å². The van der Waals surface area contributed by atoms with Crippen molar-refractivity contribution in [2.24, 2.45) is 0 Å². The standard InChI is InChI=1S/C16H19FN4O2/c1-10-13(16(22)20-14-8-18-9-15(14)23-2)7-19-21(10)12-5-3-11(17)4-6-12/h3-7,14-15,18H,8-9H2,1-2H3,(H,20,22)/t14-,15-/m0/s1. The number of carbonyl (C=O) groups excluding carboxylic acids is 1. The lowest BCUT2D eigenvalue weighted by atomic mass is 10.2. The minimum absolute atomic E-state index is 0.0357. The largest absolute Gasteiger partial charge is 0.378 e. The summed E-state index contributed by atoms with van der Waals surface area (Å²) < 4.78 is 20.0. The molecule has 1 aromatic carbocycles. The normalized spacial score (nSPS) is 20.7. The van der Waals surface area contributed by atoms with Crippen LogP contribution in [0.25, 0.3) is 5.69 Å². The summed E-state index contributed by atoms with van der Waals surface area (Å²) in [6, 6.07) is 5.91. The van der Waals surface area contributed by atoms with E-state index in [0.717, 1.165) is 6.54 Å². The molecule has 1 aliphatic heterocycles. The molecule has 1 aliphatic rings. The molecule has 2 atom stereocenters. The maximum absolute atomic E-state index is 13.0. The Hall–Kier alpha value is -2.25. The van der Waals surface area contributed by atoms with Gasteiger partial charge in [0, 0.05) is 20.2 Å². The summed E-state index contributed by atoms with van der Waals surface area (Å²) >= 11 is 0. The Balaban J connectivity index is 1.78. The Morgan fingerprint density at radius 1 is 1.39 bits per heavy atom. The quantitative estimate of drug-likeness (QED) is 0.884. The van der Waals surface area contributed by atoms with Crippen LogP contribution in [0.3, 0.4) is 0 Å². The van der Waals surface area contributed by atoms with Crippen molar-refractivity contribution < 1.29 is 13.9 Å². The lowest BCUT2D eigenvalue weighted by molar-refractivity contribution is 0.0779. The number of hydrogen-bond donors (Lipinski definition) is 2. The van der Waals surface area contributed by atoms with Gasteiger partial charge in [0.25, 0.3) is 5.91 Å². The first-order chi connectivity index (χ1) is 11.1. The average molecular weight is 318 g/mol. The molecule has 6 nitrogen and oxygen atoms in total. The van der Waals surface area contributed by atoms with Crippen LogP contribution in [0.5, 0.6) is 0 Å². The first kappa shape index (κ1) is 15.6. The van der Waals surface area contributed by atoms with E-state index in [2.05, 4.69) is 15.7 Å². The van der Waals surface area contributed by atoms with Gasteiger partial charge >= 0.3 is 0 Å².